The van der Waals surface area contributed by atoms with Crippen molar-refractivity contribution in [3.63, 3.8) is 0 Å². The molecular formula is C11H11FN2O. The molecule has 1 fully saturated rings. The van der Waals surface area contributed by atoms with Gasteiger partial charge < -0.3 is 10.6 Å². The molecule has 0 bridgehead atoms. The maximum atomic E-state index is 13.5. The van der Waals surface area contributed by atoms with Gasteiger partial charge in [0.05, 0.1) is 11.1 Å². The molecule has 1 atom stereocenters. The van der Waals surface area contributed by atoms with Crippen molar-refractivity contribution in [3.05, 3.63) is 29.6 Å². The van der Waals surface area contributed by atoms with Crippen molar-refractivity contribution in [1.82, 2.24) is 5.32 Å². The molecule has 0 aromatic heterocycles. The number of hydrogen-bond donors (Lipinski definition) is 2. The van der Waals surface area contributed by atoms with E-state index in [1.54, 1.807) is 6.07 Å². The van der Waals surface area contributed by atoms with E-state index in [0.717, 1.165) is 18.5 Å². The van der Waals surface area contributed by atoms with Crippen molar-refractivity contribution in [2.75, 3.05) is 18.4 Å². The molecule has 15 heavy (non-hydrogen) atoms. The fourth-order valence-electron chi connectivity index (χ4n) is 2.52. The third kappa shape index (κ3) is 0.997. The van der Waals surface area contributed by atoms with Crippen LogP contribution in [0.2, 0.25) is 0 Å². The first kappa shape index (κ1) is 8.85. The van der Waals surface area contributed by atoms with Crippen molar-refractivity contribution in [2.45, 2.75) is 11.8 Å². The largest absolute Gasteiger partial charge is 0.323 e. The van der Waals surface area contributed by atoms with Gasteiger partial charge in [-0.15, -0.1) is 0 Å². The second kappa shape index (κ2) is 2.79. The molecule has 3 rings (SSSR count). The van der Waals surface area contributed by atoms with E-state index >= 15 is 0 Å². The summed E-state index contributed by atoms with van der Waals surface area (Å²) in [6.07, 6.45) is 0.745. The van der Waals surface area contributed by atoms with Crippen molar-refractivity contribution in [2.24, 2.45) is 0 Å². The molecule has 78 valence electrons. The number of anilines is 1. The van der Waals surface area contributed by atoms with E-state index < -0.39 is 5.41 Å². The summed E-state index contributed by atoms with van der Waals surface area (Å²) in [7, 11) is 0. The lowest BCUT2D eigenvalue weighted by molar-refractivity contribution is -0.120. The van der Waals surface area contributed by atoms with E-state index in [9.17, 15) is 9.18 Å². The topological polar surface area (TPSA) is 41.1 Å². The number of hydrogen-bond acceptors (Lipinski definition) is 2. The number of rotatable bonds is 0. The van der Waals surface area contributed by atoms with Crippen molar-refractivity contribution in [1.29, 1.82) is 0 Å². The lowest BCUT2D eigenvalue weighted by Gasteiger charge is -2.19. The standard InChI is InChI=1S/C11H11FN2O/c12-8-3-1-2-7-9(8)14-10(15)11(7)4-5-13-6-11/h1-3,13H,4-6H2,(H,14,15). The fraction of sp³-hybridized carbons (Fsp3) is 0.364. The van der Waals surface area contributed by atoms with Crippen LogP contribution in [0.4, 0.5) is 10.1 Å². The van der Waals surface area contributed by atoms with E-state index in [-0.39, 0.29) is 11.7 Å². The van der Waals surface area contributed by atoms with Gasteiger partial charge in [0, 0.05) is 6.54 Å². The predicted octanol–water partition coefficient (Wildman–Crippen LogP) is 1.01. The molecule has 1 saturated heterocycles. The quantitative estimate of drug-likeness (QED) is 0.665. The van der Waals surface area contributed by atoms with Crippen LogP contribution >= 0.6 is 0 Å². The van der Waals surface area contributed by atoms with Crippen LogP contribution in [0.25, 0.3) is 0 Å². The predicted molar refractivity (Wildman–Crippen MR) is 54.2 cm³/mol. The zero-order valence-corrected chi connectivity index (χ0v) is 8.14. The third-order valence-corrected chi connectivity index (χ3v) is 3.36. The Kier molecular flexibility index (Phi) is 1.65. The number of halogens is 1. The van der Waals surface area contributed by atoms with Crippen LogP contribution < -0.4 is 10.6 Å². The average molecular weight is 206 g/mol. The molecule has 0 aliphatic carbocycles. The van der Waals surface area contributed by atoms with Gasteiger partial charge in [0.1, 0.15) is 5.82 Å². The van der Waals surface area contributed by atoms with Crippen LogP contribution in [-0.2, 0) is 10.2 Å². The van der Waals surface area contributed by atoms with Crippen LogP contribution in [0.15, 0.2) is 18.2 Å². The number of carbonyl (C=O) groups excluding carboxylic acids is 1. The molecule has 0 saturated carbocycles. The highest BCUT2D eigenvalue weighted by Crippen LogP contribution is 2.42. The molecule has 3 nitrogen and oxygen atoms in total. The van der Waals surface area contributed by atoms with Gasteiger partial charge in [-0.3, -0.25) is 4.79 Å². The summed E-state index contributed by atoms with van der Waals surface area (Å²) in [5.74, 6) is -0.419. The molecule has 1 amide bonds. The maximum absolute atomic E-state index is 13.5. The van der Waals surface area contributed by atoms with Crippen LogP contribution in [0.5, 0.6) is 0 Å². The van der Waals surface area contributed by atoms with Gasteiger partial charge in [-0.05, 0) is 24.6 Å². The van der Waals surface area contributed by atoms with Crippen LogP contribution in [0.3, 0.4) is 0 Å². The van der Waals surface area contributed by atoms with Gasteiger partial charge in [0.15, 0.2) is 0 Å². The Morgan fingerprint density at radius 1 is 1.40 bits per heavy atom. The monoisotopic (exact) mass is 206 g/mol. The summed E-state index contributed by atoms with van der Waals surface area (Å²) in [6, 6.07) is 4.87. The molecular weight excluding hydrogens is 195 g/mol. The number of benzene rings is 1. The zero-order valence-electron chi connectivity index (χ0n) is 8.14. The maximum Gasteiger partial charge on any atom is 0.236 e. The minimum Gasteiger partial charge on any atom is -0.323 e. The number of nitrogens with one attached hydrogen (secondary N) is 2. The summed E-state index contributed by atoms with van der Waals surface area (Å²) < 4.78 is 13.5. The Morgan fingerprint density at radius 2 is 2.27 bits per heavy atom. The van der Waals surface area contributed by atoms with Crippen molar-refractivity contribution in [3.8, 4) is 0 Å². The smallest absolute Gasteiger partial charge is 0.236 e. The van der Waals surface area contributed by atoms with E-state index in [1.165, 1.54) is 6.07 Å². The SMILES string of the molecule is O=C1Nc2c(F)cccc2C12CCNC2. The number of para-hydroxylation sites is 1. The minimum absolute atomic E-state index is 0.0763. The second-order valence-electron chi connectivity index (χ2n) is 4.13. The third-order valence-electron chi connectivity index (χ3n) is 3.36. The molecule has 4 heteroatoms. The first-order valence-electron chi connectivity index (χ1n) is 5.05. The zero-order chi connectivity index (χ0) is 10.5. The normalized spacial score (nSPS) is 28.2. The van der Waals surface area contributed by atoms with Gasteiger partial charge in [-0.25, -0.2) is 4.39 Å². The molecule has 1 unspecified atom stereocenters. The van der Waals surface area contributed by atoms with Gasteiger partial charge in [-0.2, -0.15) is 0 Å². The van der Waals surface area contributed by atoms with Crippen molar-refractivity contribution >= 4 is 11.6 Å². The Morgan fingerprint density at radius 3 is 3.00 bits per heavy atom. The van der Waals surface area contributed by atoms with Crippen LogP contribution in [0.1, 0.15) is 12.0 Å². The van der Waals surface area contributed by atoms with Crippen LogP contribution in [0, 0.1) is 5.82 Å². The molecule has 2 aliphatic heterocycles. The summed E-state index contributed by atoms with van der Waals surface area (Å²) >= 11 is 0. The molecule has 1 spiro atoms. The lowest BCUT2D eigenvalue weighted by Crippen LogP contribution is -2.36. The molecule has 2 N–H and O–H groups in total. The second-order valence-corrected chi connectivity index (χ2v) is 4.13. The lowest BCUT2D eigenvalue weighted by atomic mass is 9.81. The van der Waals surface area contributed by atoms with Gasteiger partial charge >= 0.3 is 0 Å². The Balaban J connectivity index is 2.21. The Labute approximate surface area is 86.7 Å². The molecule has 2 aliphatic rings. The van der Waals surface area contributed by atoms with Gasteiger partial charge in [-0.1, -0.05) is 12.1 Å². The average Bonchev–Trinajstić information content (AvgIpc) is 2.79. The summed E-state index contributed by atoms with van der Waals surface area (Å²) in [4.78, 5) is 11.9. The summed E-state index contributed by atoms with van der Waals surface area (Å²) in [5.41, 5.74) is 0.640. The molecule has 2 heterocycles. The minimum atomic E-state index is -0.530. The highest BCUT2D eigenvalue weighted by molar-refractivity contribution is 6.06. The highest BCUT2D eigenvalue weighted by Gasteiger charge is 2.49. The van der Waals surface area contributed by atoms with Gasteiger partial charge in [0.2, 0.25) is 5.91 Å². The number of carbonyl (C=O) groups is 1. The van der Waals surface area contributed by atoms with E-state index in [0.29, 0.717) is 12.2 Å². The van der Waals surface area contributed by atoms with Gasteiger partial charge in [0.25, 0.3) is 0 Å². The summed E-state index contributed by atoms with van der Waals surface area (Å²) in [5, 5.41) is 5.81. The molecule has 0 radical (unpaired) electrons. The number of amides is 1. The van der Waals surface area contributed by atoms with Crippen molar-refractivity contribution < 1.29 is 9.18 Å². The Hall–Kier alpha value is -1.42. The van der Waals surface area contributed by atoms with E-state index in [1.807, 2.05) is 6.07 Å². The van der Waals surface area contributed by atoms with E-state index in [2.05, 4.69) is 10.6 Å². The molecule has 1 aromatic rings. The number of fused-ring (bicyclic) bond motifs is 2. The fourth-order valence-corrected chi connectivity index (χ4v) is 2.52. The van der Waals surface area contributed by atoms with E-state index in [4.69, 9.17) is 0 Å². The van der Waals surface area contributed by atoms with Crippen LogP contribution in [-0.4, -0.2) is 19.0 Å². The Bertz CT molecular complexity index is 438. The first-order chi connectivity index (χ1) is 7.24. The summed E-state index contributed by atoms with van der Waals surface area (Å²) in [6.45, 7) is 1.42. The first-order valence-corrected chi connectivity index (χ1v) is 5.05. The molecule has 1 aromatic carbocycles. The highest BCUT2D eigenvalue weighted by atomic mass is 19.1.